The summed E-state index contributed by atoms with van der Waals surface area (Å²) in [6.45, 7) is 9.96. The number of imide groups is 1. The Kier molecular flexibility index (Phi) is 3.57. The van der Waals surface area contributed by atoms with Gasteiger partial charge < -0.3 is 10.2 Å². The number of amides is 2. The zero-order valence-electron chi connectivity index (χ0n) is 10.5. The molecule has 5 nitrogen and oxygen atoms in total. The van der Waals surface area contributed by atoms with Crippen LogP contribution >= 0.6 is 0 Å². The SMILES string of the molecule is CC[C@H](C)[C@H](NC(C)(C)C)C(=O)N1OC1=O. The van der Waals surface area contributed by atoms with Crippen molar-refractivity contribution in [2.45, 2.75) is 52.6 Å². The monoisotopic (exact) mass is 228 g/mol. The molecule has 0 radical (unpaired) electrons. The lowest BCUT2D eigenvalue weighted by molar-refractivity contribution is -0.135. The Morgan fingerprint density at radius 3 is 2.31 bits per heavy atom. The minimum atomic E-state index is -0.561. The third-order valence-electron chi connectivity index (χ3n) is 2.57. The highest BCUT2D eigenvalue weighted by Gasteiger charge is 2.46. The fourth-order valence-electron chi connectivity index (χ4n) is 1.47. The van der Waals surface area contributed by atoms with Gasteiger partial charge in [0.25, 0.3) is 5.91 Å². The van der Waals surface area contributed by atoms with E-state index in [1.165, 1.54) is 0 Å². The molecule has 1 fully saturated rings. The van der Waals surface area contributed by atoms with Crippen molar-refractivity contribution in [2.24, 2.45) is 5.92 Å². The smallest absolute Gasteiger partial charge is 0.305 e. The third-order valence-corrected chi connectivity index (χ3v) is 2.57. The van der Waals surface area contributed by atoms with Gasteiger partial charge in [0.15, 0.2) is 0 Å². The number of hydroxylamine groups is 2. The molecule has 5 heteroatoms. The van der Waals surface area contributed by atoms with E-state index in [0.29, 0.717) is 0 Å². The quantitative estimate of drug-likeness (QED) is 0.744. The predicted molar refractivity (Wildman–Crippen MR) is 59.5 cm³/mol. The van der Waals surface area contributed by atoms with Crippen LogP contribution in [0.1, 0.15) is 41.0 Å². The number of nitrogens with zero attached hydrogens (tertiary/aromatic N) is 1. The van der Waals surface area contributed by atoms with Crippen LogP contribution in [0.2, 0.25) is 0 Å². The van der Waals surface area contributed by atoms with Crippen molar-refractivity contribution in [1.29, 1.82) is 0 Å². The summed E-state index contributed by atoms with van der Waals surface area (Å²) >= 11 is 0. The molecule has 1 aliphatic heterocycles. The lowest BCUT2D eigenvalue weighted by Gasteiger charge is -2.30. The van der Waals surface area contributed by atoms with Gasteiger partial charge in [-0.1, -0.05) is 25.3 Å². The van der Waals surface area contributed by atoms with Gasteiger partial charge in [-0.05, 0) is 26.7 Å². The lowest BCUT2D eigenvalue weighted by atomic mass is 9.95. The summed E-state index contributed by atoms with van der Waals surface area (Å²) in [6.07, 6.45) is 0.302. The van der Waals surface area contributed by atoms with E-state index in [9.17, 15) is 9.59 Å². The number of carbonyl (C=O) groups is 2. The summed E-state index contributed by atoms with van der Waals surface area (Å²) in [7, 11) is 0. The van der Waals surface area contributed by atoms with Crippen LogP contribution in [-0.4, -0.2) is 28.6 Å². The first-order valence-electron chi connectivity index (χ1n) is 5.60. The van der Waals surface area contributed by atoms with Gasteiger partial charge in [0.2, 0.25) is 0 Å². The van der Waals surface area contributed by atoms with E-state index < -0.39 is 6.09 Å². The second-order valence-corrected chi connectivity index (χ2v) is 5.25. The number of nitrogens with one attached hydrogen (secondary N) is 1. The van der Waals surface area contributed by atoms with Gasteiger partial charge in [-0.3, -0.25) is 4.79 Å². The first-order valence-corrected chi connectivity index (χ1v) is 5.60. The molecule has 1 N–H and O–H groups in total. The highest BCUT2D eigenvalue weighted by Crippen LogP contribution is 2.20. The predicted octanol–water partition coefficient (Wildman–Crippen LogP) is 1.68. The molecule has 0 aromatic carbocycles. The maximum atomic E-state index is 11.9. The van der Waals surface area contributed by atoms with Gasteiger partial charge in [0, 0.05) is 5.54 Å². The standard InChI is InChI=1S/C11H20N2O3/c1-6-7(2)8(12-11(3,4)5)9(14)13-10(15)16-13/h7-8,12H,6H2,1-5H3/t7-,8-,13?/m0/s1. The van der Waals surface area contributed by atoms with Crippen molar-refractivity contribution in [3.63, 3.8) is 0 Å². The minimum Gasteiger partial charge on any atom is -0.305 e. The molecule has 0 spiro atoms. The summed E-state index contributed by atoms with van der Waals surface area (Å²) in [5.41, 5.74) is -0.178. The van der Waals surface area contributed by atoms with Crippen LogP contribution in [0, 0.1) is 5.92 Å². The van der Waals surface area contributed by atoms with Crippen molar-refractivity contribution in [2.75, 3.05) is 0 Å². The maximum Gasteiger partial charge on any atom is 0.476 e. The summed E-state index contributed by atoms with van der Waals surface area (Å²) in [6, 6.07) is -0.378. The normalized spacial score (nSPS) is 19.1. The molecular formula is C11H20N2O3. The van der Waals surface area contributed by atoms with E-state index in [2.05, 4.69) is 10.2 Å². The molecule has 1 rings (SSSR count). The molecule has 92 valence electrons. The Labute approximate surface area is 96.1 Å². The topological polar surface area (TPSA) is 61.7 Å². The van der Waals surface area contributed by atoms with Crippen LogP contribution in [0.4, 0.5) is 4.79 Å². The number of rotatable bonds is 4. The van der Waals surface area contributed by atoms with Gasteiger partial charge in [-0.25, -0.2) is 4.79 Å². The summed E-state index contributed by atoms with van der Waals surface area (Å²) < 4.78 is 0. The van der Waals surface area contributed by atoms with Gasteiger partial charge in [-0.15, -0.1) is 0 Å². The second-order valence-electron chi connectivity index (χ2n) is 5.25. The van der Waals surface area contributed by atoms with Crippen molar-refractivity contribution in [3.05, 3.63) is 0 Å². The van der Waals surface area contributed by atoms with Gasteiger partial charge in [0.05, 0.1) is 6.04 Å². The highest BCUT2D eigenvalue weighted by molar-refractivity contribution is 6.00. The minimum absolute atomic E-state index is 0.156. The van der Waals surface area contributed by atoms with Crippen LogP contribution in [0.25, 0.3) is 0 Å². The first kappa shape index (κ1) is 13.0. The van der Waals surface area contributed by atoms with Crippen molar-refractivity contribution >= 4 is 12.0 Å². The molecule has 0 aromatic rings. The Hall–Kier alpha value is -1.10. The fraction of sp³-hybridized carbons (Fsp3) is 0.818. The second kappa shape index (κ2) is 4.41. The number of carbonyl (C=O) groups excluding carboxylic acids is 2. The van der Waals surface area contributed by atoms with Crippen molar-refractivity contribution < 1.29 is 14.4 Å². The molecule has 0 aromatic heterocycles. The molecule has 0 saturated carbocycles. The third kappa shape index (κ3) is 3.20. The van der Waals surface area contributed by atoms with Gasteiger partial charge in [-0.2, -0.15) is 0 Å². The average Bonchev–Trinajstić information content (AvgIpc) is 2.88. The molecule has 0 unspecified atom stereocenters. The van der Waals surface area contributed by atoms with E-state index in [4.69, 9.17) is 0 Å². The van der Waals surface area contributed by atoms with E-state index in [-0.39, 0.29) is 23.4 Å². The molecule has 16 heavy (non-hydrogen) atoms. The number of hydrogen-bond acceptors (Lipinski definition) is 4. The van der Waals surface area contributed by atoms with Crippen molar-refractivity contribution in [3.8, 4) is 0 Å². The molecule has 1 aliphatic rings. The molecule has 0 aliphatic carbocycles. The highest BCUT2D eigenvalue weighted by atomic mass is 16.9. The molecule has 0 bridgehead atoms. The largest absolute Gasteiger partial charge is 0.476 e. The van der Waals surface area contributed by atoms with E-state index in [0.717, 1.165) is 11.5 Å². The van der Waals surface area contributed by atoms with E-state index >= 15 is 0 Å². The summed E-state index contributed by atoms with van der Waals surface area (Å²) in [5, 5.41) is 4.04. The molecule has 2 atom stereocenters. The fourth-order valence-corrected chi connectivity index (χ4v) is 1.47. The summed E-state index contributed by atoms with van der Waals surface area (Å²) in [4.78, 5) is 27.1. The zero-order valence-corrected chi connectivity index (χ0v) is 10.5. The first-order chi connectivity index (χ1) is 7.26. The molecule has 1 saturated heterocycles. The average molecular weight is 228 g/mol. The van der Waals surface area contributed by atoms with E-state index in [1.807, 2.05) is 34.6 Å². The van der Waals surface area contributed by atoms with Crippen LogP contribution in [0.5, 0.6) is 0 Å². The summed E-state index contributed by atoms with van der Waals surface area (Å²) in [5.74, 6) is -0.141. The van der Waals surface area contributed by atoms with Gasteiger partial charge >= 0.3 is 6.09 Å². The van der Waals surface area contributed by atoms with Crippen LogP contribution in [0.3, 0.4) is 0 Å². The lowest BCUT2D eigenvalue weighted by Crippen LogP contribution is -2.52. The Morgan fingerprint density at radius 2 is 2.00 bits per heavy atom. The molecule has 2 amide bonds. The van der Waals surface area contributed by atoms with Crippen LogP contribution in [-0.2, 0) is 9.63 Å². The Morgan fingerprint density at radius 1 is 1.50 bits per heavy atom. The van der Waals surface area contributed by atoms with Crippen LogP contribution < -0.4 is 5.32 Å². The van der Waals surface area contributed by atoms with Crippen molar-refractivity contribution in [1.82, 2.24) is 10.4 Å². The molecule has 1 heterocycles. The number of hydrogen-bond donors (Lipinski definition) is 1. The zero-order chi connectivity index (χ0) is 12.5. The Bertz CT molecular complexity index is 296. The van der Waals surface area contributed by atoms with Gasteiger partial charge in [0.1, 0.15) is 0 Å². The van der Waals surface area contributed by atoms with E-state index in [1.54, 1.807) is 0 Å². The molecular weight excluding hydrogens is 208 g/mol. The van der Waals surface area contributed by atoms with Crippen LogP contribution in [0.15, 0.2) is 0 Å². The maximum absolute atomic E-state index is 11.9. The Balaban J connectivity index is 2.71.